The molecule has 0 saturated carbocycles. The van der Waals surface area contributed by atoms with Crippen molar-refractivity contribution in [2.24, 2.45) is 11.8 Å². The molecule has 0 aliphatic heterocycles. The molecule has 6 nitrogen and oxygen atoms in total. The predicted octanol–water partition coefficient (Wildman–Crippen LogP) is 9.95. The summed E-state index contributed by atoms with van der Waals surface area (Å²) in [7, 11) is 0. The van der Waals surface area contributed by atoms with E-state index < -0.39 is 29.1 Å². The molecular formula is C35H34Cl2F3NO5. The first-order valence-electron chi connectivity index (χ1n) is 14.6. The molecule has 0 fully saturated rings. The van der Waals surface area contributed by atoms with Crippen molar-refractivity contribution in [2.75, 3.05) is 13.1 Å². The van der Waals surface area contributed by atoms with Crippen LogP contribution in [0.1, 0.15) is 50.1 Å². The molecule has 4 aromatic rings. The molecule has 3 aromatic carbocycles. The average Bonchev–Trinajstić information content (AvgIpc) is 2.96. The van der Waals surface area contributed by atoms with Gasteiger partial charge in [-0.3, -0.25) is 9.69 Å². The number of fused-ring (bicyclic) bond motifs is 1. The van der Waals surface area contributed by atoms with Crippen molar-refractivity contribution in [3.63, 3.8) is 0 Å². The smallest absolute Gasteiger partial charge is 0.449 e. The Labute approximate surface area is 275 Å². The van der Waals surface area contributed by atoms with Gasteiger partial charge in [0.05, 0.1) is 10.9 Å². The topological polar surface area (TPSA) is 69.0 Å². The monoisotopic (exact) mass is 675 g/mol. The molecule has 0 radical (unpaired) electrons. The number of carbonyl (C=O) groups is 1. The van der Waals surface area contributed by atoms with Gasteiger partial charge in [-0.2, -0.15) is 13.2 Å². The molecule has 0 spiro atoms. The second-order valence-corrected chi connectivity index (χ2v) is 12.7. The maximum Gasteiger partial charge on any atom is 0.453 e. The Balaban J connectivity index is 1.87. The molecule has 0 N–H and O–H groups in total. The van der Waals surface area contributed by atoms with Crippen molar-refractivity contribution in [1.82, 2.24) is 4.90 Å². The molecule has 46 heavy (non-hydrogen) atoms. The van der Waals surface area contributed by atoms with E-state index in [9.17, 15) is 22.8 Å². The van der Waals surface area contributed by atoms with Crippen LogP contribution in [0.15, 0.2) is 69.9 Å². The van der Waals surface area contributed by atoms with Crippen LogP contribution in [0.5, 0.6) is 17.2 Å². The van der Waals surface area contributed by atoms with E-state index in [1.54, 1.807) is 31.2 Å². The van der Waals surface area contributed by atoms with Gasteiger partial charge < -0.3 is 13.9 Å². The number of benzene rings is 3. The Morgan fingerprint density at radius 2 is 1.63 bits per heavy atom. The largest absolute Gasteiger partial charge is 0.453 e. The van der Waals surface area contributed by atoms with Crippen LogP contribution in [-0.2, 0) is 17.5 Å². The quantitative estimate of drug-likeness (QED) is 0.0895. The summed E-state index contributed by atoms with van der Waals surface area (Å²) in [5.41, 5.74) is -0.0105. The number of carbonyl (C=O) groups excluding carboxylic acids is 1. The van der Waals surface area contributed by atoms with Crippen molar-refractivity contribution in [1.29, 1.82) is 0 Å². The van der Waals surface area contributed by atoms with Crippen LogP contribution in [0, 0.1) is 18.8 Å². The number of hydrogen-bond acceptors (Lipinski definition) is 6. The van der Waals surface area contributed by atoms with E-state index in [-0.39, 0.29) is 46.4 Å². The van der Waals surface area contributed by atoms with Gasteiger partial charge >= 0.3 is 12.1 Å². The minimum absolute atomic E-state index is 0.0164. The summed E-state index contributed by atoms with van der Waals surface area (Å²) >= 11 is 12.0. The van der Waals surface area contributed by atoms with Gasteiger partial charge in [-0.15, -0.1) is 0 Å². The van der Waals surface area contributed by atoms with Gasteiger partial charge in [0.2, 0.25) is 11.2 Å². The summed E-state index contributed by atoms with van der Waals surface area (Å²) in [6, 6.07) is 13.6. The first-order valence-corrected chi connectivity index (χ1v) is 15.4. The Morgan fingerprint density at radius 1 is 0.978 bits per heavy atom. The van der Waals surface area contributed by atoms with Crippen LogP contribution in [-0.4, -0.2) is 24.0 Å². The SMILES string of the molecule is Cc1cc(Oc2c(C(F)(F)F)oc3c(CN(CC(C)C)CC(C)C)c(OC(=O)C=Cc4ccc(Cl)cc4)ccc3c2=O)ccc1Cl. The zero-order valence-corrected chi connectivity index (χ0v) is 27.5. The molecule has 244 valence electrons. The highest BCUT2D eigenvalue weighted by atomic mass is 35.5. The molecule has 1 heterocycles. The van der Waals surface area contributed by atoms with Gasteiger partial charge in [-0.05, 0) is 78.4 Å². The maximum atomic E-state index is 14.5. The molecule has 0 aliphatic rings. The average molecular weight is 677 g/mol. The fraction of sp³-hybridized carbons (Fsp3) is 0.314. The highest BCUT2D eigenvalue weighted by molar-refractivity contribution is 6.31. The van der Waals surface area contributed by atoms with Crippen molar-refractivity contribution < 1.29 is 31.9 Å². The summed E-state index contributed by atoms with van der Waals surface area (Å²) in [6.07, 6.45) is -2.38. The van der Waals surface area contributed by atoms with E-state index in [1.807, 2.05) is 32.6 Å². The van der Waals surface area contributed by atoms with Crippen molar-refractivity contribution in [3.05, 3.63) is 103 Å². The third-order valence-corrected chi connectivity index (χ3v) is 7.48. The van der Waals surface area contributed by atoms with Crippen molar-refractivity contribution in [2.45, 2.75) is 47.3 Å². The molecule has 0 atom stereocenters. The molecule has 1 aromatic heterocycles. The summed E-state index contributed by atoms with van der Waals surface area (Å²) < 4.78 is 60.2. The van der Waals surface area contributed by atoms with Gasteiger partial charge in [0.25, 0.3) is 5.76 Å². The van der Waals surface area contributed by atoms with E-state index >= 15 is 0 Å². The van der Waals surface area contributed by atoms with Gasteiger partial charge in [-0.1, -0.05) is 63.0 Å². The van der Waals surface area contributed by atoms with E-state index in [1.165, 1.54) is 42.5 Å². The zero-order valence-electron chi connectivity index (χ0n) is 26.0. The third kappa shape index (κ3) is 8.93. The van der Waals surface area contributed by atoms with Gasteiger partial charge in [0.15, 0.2) is 0 Å². The number of aryl methyl sites for hydroxylation is 1. The minimum Gasteiger partial charge on any atom is -0.449 e. The Bertz CT molecular complexity index is 1790. The van der Waals surface area contributed by atoms with E-state index in [4.69, 9.17) is 37.1 Å². The third-order valence-electron chi connectivity index (χ3n) is 6.81. The molecule has 0 saturated heterocycles. The standard InChI is InChI=1S/C35H34Cl2F3NO5/c1-20(2)17-41(18-21(3)4)19-27-29(45-30(42)15-8-23-6-9-24(36)10-7-23)14-12-26-31(43)33(34(35(38,39)40)46-32(26)27)44-25-11-13-28(37)22(5)16-25/h6-16,20-21H,17-19H2,1-5H3. The number of hydrogen-bond donors (Lipinski definition) is 0. The summed E-state index contributed by atoms with van der Waals surface area (Å²) in [5, 5.41) is 0.759. The van der Waals surface area contributed by atoms with Crippen molar-refractivity contribution in [3.8, 4) is 17.2 Å². The van der Waals surface area contributed by atoms with Gasteiger partial charge in [-0.25, -0.2) is 4.79 Å². The fourth-order valence-electron chi connectivity index (χ4n) is 4.94. The molecular weight excluding hydrogens is 642 g/mol. The normalized spacial score (nSPS) is 12.2. The van der Waals surface area contributed by atoms with Crippen LogP contribution in [0.4, 0.5) is 13.2 Å². The molecule has 11 heteroatoms. The first-order chi connectivity index (χ1) is 21.6. The Morgan fingerprint density at radius 3 is 2.22 bits per heavy atom. The Kier molecular flexibility index (Phi) is 11.2. The van der Waals surface area contributed by atoms with Gasteiger partial charge in [0.1, 0.15) is 17.1 Å². The lowest BCUT2D eigenvalue weighted by Gasteiger charge is -2.27. The summed E-state index contributed by atoms with van der Waals surface area (Å²) in [6.45, 7) is 11.0. The number of nitrogens with zero attached hydrogens (tertiary/aromatic N) is 1. The highest BCUT2D eigenvalue weighted by Gasteiger charge is 2.41. The Hall–Kier alpha value is -3.79. The van der Waals surface area contributed by atoms with Crippen LogP contribution >= 0.6 is 23.2 Å². The van der Waals surface area contributed by atoms with Crippen molar-refractivity contribution >= 4 is 46.2 Å². The second-order valence-electron chi connectivity index (χ2n) is 11.8. The number of halogens is 5. The van der Waals surface area contributed by atoms with Crippen LogP contribution in [0.2, 0.25) is 10.0 Å². The lowest BCUT2D eigenvalue weighted by molar-refractivity contribution is -0.154. The minimum atomic E-state index is -5.09. The number of rotatable bonds is 11. The lowest BCUT2D eigenvalue weighted by atomic mass is 10.1. The van der Waals surface area contributed by atoms with Crippen LogP contribution in [0.25, 0.3) is 17.0 Å². The highest BCUT2D eigenvalue weighted by Crippen LogP contribution is 2.41. The van der Waals surface area contributed by atoms with Crippen LogP contribution < -0.4 is 14.9 Å². The predicted molar refractivity (Wildman–Crippen MR) is 175 cm³/mol. The zero-order chi connectivity index (χ0) is 33.8. The number of ether oxygens (including phenoxy) is 2. The molecule has 0 bridgehead atoms. The molecule has 0 aliphatic carbocycles. The molecule has 0 unspecified atom stereocenters. The number of alkyl halides is 3. The van der Waals surface area contributed by atoms with Gasteiger partial charge in [0, 0.05) is 35.8 Å². The summed E-state index contributed by atoms with van der Waals surface area (Å²) in [5.74, 6) is -3.02. The fourth-order valence-corrected chi connectivity index (χ4v) is 5.19. The molecule has 0 amide bonds. The van der Waals surface area contributed by atoms with E-state index in [0.29, 0.717) is 34.3 Å². The maximum absolute atomic E-state index is 14.5. The second kappa shape index (κ2) is 14.8. The van der Waals surface area contributed by atoms with E-state index in [0.717, 1.165) is 0 Å². The summed E-state index contributed by atoms with van der Waals surface area (Å²) in [4.78, 5) is 28.7. The first kappa shape index (κ1) is 35.1. The number of esters is 1. The van der Waals surface area contributed by atoms with E-state index in [2.05, 4.69) is 0 Å². The lowest BCUT2D eigenvalue weighted by Crippen LogP contribution is -2.31. The molecule has 4 rings (SSSR count). The van der Waals surface area contributed by atoms with Crippen LogP contribution in [0.3, 0.4) is 0 Å².